The Hall–Kier alpha value is -1.40. The standard InChI is InChI=1S/C18H26N2O3S/c1-2-12-24(22,23)20-11-5-8-17(20)18(21)19-16-10-9-14-6-3-4-7-15(14)13-16/h3-4,6-7,16-17H,2,5,8-13H2,1H3,(H,19,21). The third-order valence-electron chi connectivity index (χ3n) is 5.02. The maximum atomic E-state index is 12.7. The first-order valence-electron chi connectivity index (χ1n) is 8.88. The summed E-state index contributed by atoms with van der Waals surface area (Å²) in [5.41, 5.74) is 2.65. The van der Waals surface area contributed by atoms with Crippen molar-refractivity contribution in [1.29, 1.82) is 0 Å². The molecule has 1 aliphatic carbocycles. The monoisotopic (exact) mass is 350 g/mol. The highest BCUT2D eigenvalue weighted by atomic mass is 32.2. The zero-order chi connectivity index (χ0) is 17.2. The zero-order valence-electron chi connectivity index (χ0n) is 14.2. The van der Waals surface area contributed by atoms with E-state index < -0.39 is 16.1 Å². The summed E-state index contributed by atoms with van der Waals surface area (Å²) in [6.07, 6.45) is 4.66. The Morgan fingerprint density at radius 1 is 1.25 bits per heavy atom. The molecular weight excluding hydrogens is 324 g/mol. The van der Waals surface area contributed by atoms with Gasteiger partial charge in [0, 0.05) is 12.6 Å². The predicted molar refractivity (Wildman–Crippen MR) is 94.2 cm³/mol. The second-order valence-corrected chi connectivity index (χ2v) is 8.84. The number of sulfonamides is 1. The zero-order valence-corrected chi connectivity index (χ0v) is 15.0. The number of nitrogens with zero attached hydrogens (tertiary/aromatic N) is 1. The van der Waals surface area contributed by atoms with Crippen LogP contribution < -0.4 is 5.32 Å². The van der Waals surface area contributed by atoms with Gasteiger partial charge < -0.3 is 5.32 Å². The summed E-state index contributed by atoms with van der Waals surface area (Å²) in [5.74, 6) is -0.00955. The number of hydrogen-bond acceptors (Lipinski definition) is 3. The minimum Gasteiger partial charge on any atom is -0.352 e. The highest BCUT2D eigenvalue weighted by Gasteiger charge is 2.38. The number of rotatable bonds is 5. The molecule has 1 aromatic rings. The molecule has 0 radical (unpaired) electrons. The molecule has 1 amide bonds. The summed E-state index contributed by atoms with van der Waals surface area (Å²) in [7, 11) is -3.32. The van der Waals surface area contributed by atoms with E-state index in [4.69, 9.17) is 0 Å². The molecule has 2 unspecified atom stereocenters. The second-order valence-electron chi connectivity index (χ2n) is 6.80. The highest BCUT2D eigenvalue weighted by molar-refractivity contribution is 7.89. The average Bonchev–Trinajstić information content (AvgIpc) is 3.05. The van der Waals surface area contributed by atoms with E-state index in [1.54, 1.807) is 0 Å². The van der Waals surface area contributed by atoms with Crippen molar-refractivity contribution >= 4 is 15.9 Å². The minimum atomic E-state index is -3.32. The largest absolute Gasteiger partial charge is 0.352 e. The molecule has 3 rings (SSSR count). The van der Waals surface area contributed by atoms with Gasteiger partial charge in [0.1, 0.15) is 6.04 Å². The lowest BCUT2D eigenvalue weighted by Crippen LogP contribution is -2.50. The van der Waals surface area contributed by atoms with Crippen LogP contribution in [0.1, 0.15) is 43.7 Å². The van der Waals surface area contributed by atoms with Crippen molar-refractivity contribution in [3.63, 3.8) is 0 Å². The molecule has 24 heavy (non-hydrogen) atoms. The third kappa shape index (κ3) is 3.64. The van der Waals surface area contributed by atoms with E-state index in [1.165, 1.54) is 15.4 Å². The fourth-order valence-electron chi connectivity index (χ4n) is 3.83. The number of carbonyl (C=O) groups is 1. The van der Waals surface area contributed by atoms with Crippen LogP contribution in [-0.2, 0) is 27.7 Å². The van der Waals surface area contributed by atoms with Crippen LogP contribution in [0.2, 0.25) is 0 Å². The van der Waals surface area contributed by atoms with Crippen molar-refractivity contribution < 1.29 is 13.2 Å². The van der Waals surface area contributed by atoms with Gasteiger partial charge in [0.25, 0.3) is 0 Å². The van der Waals surface area contributed by atoms with E-state index in [1.807, 2.05) is 19.1 Å². The van der Waals surface area contributed by atoms with Gasteiger partial charge in [0.15, 0.2) is 0 Å². The normalized spacial score (nSPS) is 24.5. The van der Waals surface area contributed by atoms with Crippen LogP contribution >= 0.6 is 0 Å². The molecule has 2 aliphatic rings. The lowest BCUT2D eigenvalue weighted by molar-refractivity contribution is -0.125. The Kier molecular flexibility index (Phi) is 5.25. The maximum Gasteiger partial charge on any atom is 0.238 e. The van der Waals surface area contributed by atoms with E-state index >= 15 is 0 Å². The van der Waals surface area contributed by atoms with Gasteiger partial charge in [-0.25, -0.2) is 8.42 Å². The molecule has 132 valence electrons. The summed E-state index contributed by atoms with van der Waals surface area (Å²) < 4.78 is 26.1. The summed E-state index contributed by atoms with van der Waals surface area (Å²) in [6, 6.07) is 7.90. The Balaban J connectivity index is 1.65. The van der Waals surface area contributed by atoms with Crippen molar-refractivity contribution in [2.24, 2.45) is 0 Å². The molecule has 5 nitrogen and oxygen atoms in total. The van der Waals surface area contributed by atoms with Crippen LogP contribution in [0.5, 0.6) is 0 Å². The lowest BCUT2D eigenvalue weighted by atomic mass is 9.88. The highest BCUT2D eigenvalue weighted by Crippen LogP contribution is 2.24. The van der Waals surface area contributed by atoms with Gasteiger partial charge in [-0.05, 0) is 49.7 Å². The maximum absolute atomic E-state index is 12.7. The second kappa shape index (κ2) is 7.23. The number of hydrogen-bond donors (Lipinski definition) is 1. The smallest absolute Gasteiger partial charge is 0.238 e. The van der Waals surface area contributed by atoms with E-state index in [2.05, 4.69) is 17.4 Å². The van der Waals surface area contributed by atoms with Crippen LogP contribution in [0.3, 0.4) is 0 Å². The minimum absolute atomic E-state index is 0.101. The summed E-state index contributed by atoms with van der Waals surface area (Å²) >= 11 is 0. The first-order chi connectivity index (χ1) is 11.5. The molecule has 0 aromatic heterocycles. The Labute approximate surface area is 144 Å². The van der Waals surface area contributed by atoms with Gasteiger partial charge in [-0.15, -0.1) is 0 Å². The van der Waals surface area contributed by atoms with Crippen molar-refractivity contribution in [3.05, 3.63) is 35.4 Å². The topological polar surface area (TPSA) is 66.5 Å². The van der Waals surface area contributed by atoms with Crippen LogP contribution in [0.4, 0.5) is 0 Å². The van der Waals surface area contributed by atoms with Gasteiger partial charge in [-0.3, -0.25) is 4.79 Å². The number of fused-ring (bicyclic) bond motifs is 1. The number of benzene rings is 1. The molecule has 6 heteroatoms. The van der Waals surface area contributed by atoms with Gasteiger partial charge in [-0.2, -0.15) is 4.31 Å². The first kappa shape index (κ1) is 17.4. The van der Waals surface area contributed by atoms with Crippen LogP contribution in [0.15, 0.2) is 24.3 Å². The average molecular weight is 350 g/mol. The molecule has 1 aliphatic heterocycles. The van der Waals surface area contributed by atoms with Crippen molar-refractivity contribution in [1.82, 2.24) is 9.62 Å². The van der Waals surface area contributed by atoms with E-state index in [0.717, 1.165) is 25.7 Å². The Bertz CT molecular complexity index is 702. The predicted octanol–water partition coefficient (Wildman–Crippen LogP) is 1.86. The fourth-order valence-corrected chi connectivity index (χ4v) is 5.58. The van der Waals surface area contributed by atoms with Crippen LogP contribution in [0.25, 0.3) is 0 Å². The summed E-state index contributed by atoms with van der Waals surface area (Å²) in [6.45, 7) is 2.32. The molecule has 1 aromatic carbocycles. The van der Waals surface area contributed by atoms with E-state index in [0.29, 0.717) is 19.4 Å². The Morgan fingerprint density at radius 3 is 2.75 bits per heavy atom. The number of nitrogens with one attached hydrogen (secondary N) is 1. The van der Waals surface area contributed by atoms with Gasteiger partial charge in [-0.1, -0.05) is 31.2 Å². The molecule has 0 saturated carbocycles. The molecule has 1 saturated heterocycles. The van der Waals surface area contributed by atoms with Crippen molar-refractivity contribution in [3.8, 4) is 0 Å². The van der Waals surface area contributed by atoms with Crippen LogP contribution in [-0.4, -0.2) is 43.0 Å². The molecule has 1 fully saturated rings. The quantitative estimate of drug-likeness (QED) is 0.881. The molecule has 0 bridgehead atoms. The molecule has 0 spiro atoms. The number of aryl methyl sites for hydroxylation is 1. The van der Waals surface area contributed by atoms with E-state index in [-0.39, 0.29) is 17.7 Å². The van der Waals surface area contributed by atoms with Crippen molar-refractivity contribution in [2.45, 2.75) is 57.5 Å². The molecule has 2 atom stereocenters. The third-order valence-corrected chi connectivity index (χ3v) is 7.09. The molecule has 1 N–H and O–H groups in total. The summed E-state index contributed by atoms with van der Waals surface area (Å²) in [4.78, 5) is 12.7. The van der Waals surface area contributed by atoms with Crippen LogP contribution in [0, 0.1) is 0 Å². The van der Waals surface area contributed by atoms with Gasteiger partial charge in [0.2, 0.25) is 15.9 Å². The summed E-state index contributed by atoms with van der Waals surface area (Å²) in [5, 5.41) is 3.10. The van der Waals surface area contributed by atoms with Crippen molar-refractivity contribution in [2.75, 3.05) is 12.3 Å². The number of amides is 1. The SMILES string of the molecule is CCCS(=O)(=O)N1CCCC1C(=O)NC1CCc2ccccc2C1. The number of carbonyl (C=O) groups excluding carboxylic acids is 1. The fraction of sp³-hybridized carbons (Fsp3) is 0.611. The molecule has 1 heterocycles. The first-order valence-corrected chi connectivity index (χ1v) is 10.5. The molecular formula is C18H26N2O3S. The van der Waals surface area contributed by atoms with E-state index in [9.17, 15) is 13.2 Å². The van der Waals surface area contributed by atoms with Gasteiger partial charge in [0.05, 0.1) is 5.75 Å². The Morgan fingerprint density at radius 2 is 2.00 bits per heavy atom. The van der Waals surface area contributed by atoms with Gasteiger partial charge >= 0.3 is 0 Å². The lowest BCUT2D eigenvalue weighted by Gasteiger charge is -2.29.